The van der Waals surface area contributed by atoms with E-state index in [9.17, 15) is 9.18 Å². The van der Waals surface area contributed by atoms with Crippen LogP contribution in [0.1, 0.15) is 31.4 Å². The zero-order valence-corrected chi connectivity index (χ0v) is 13.5. The first-order valence-corrected chi connectivity index (χ1v) is 8.33. The molecule has 5 heteroatoms. The monoisotopic (exact) mass is 332 g/mol. The predicted octanol–water partition coefficient (Wildman–Crippen LogP) is 4.13. The first kappa shape index (κ1) is 16.7. The maximum absolute atomic E-state index is 13.7. The number of ether oxygens (including phenoxy) is 2. The summed E-state index contributed by atoms with van der Waals surface area (Å²) in [5, 5.41) is 0. The lowest BCUT2D eigenvalue weighted by Crippen LogP contribution is -2.26. The second kappa shape index (κ2) is 8.11. The Bertz CT molecular complexity index is 674. The number of esters is 1. The van der Waals surface area contributed by atoms with E-state index in [1.165, 1.54) is 6.07 Å². The number of halogens is 1. The summed E-state index contributed by atoms with van der Waals surface area (Å²) in [5.74, 6) is 0.504. The van der Waals surface area contributed by atoms with E-state index >= 15 is 0 Å². The molecule has 1 aliphatic heterocycles. The lowest BCUT2D eigenvalue weighted by molar-refractivity contribution is -0.149. The molecule has 0 spiro atoms. The van der Waals surface area contributed by atoms with Crippen LogP contribution in [0.15, 0.2) is 40.8 Å². The molecular formula is C19H21FO4. The molecule has 24 heavy (non-hydrogen) atoms. The SMILES string of the molecule is O=C(CCc1ccc(-c2ccccc2F)o1)OCC1CCCCO1. The molecule has 3 rings (SSSR count). The summed E-state index contributed by atoms with van der Waals surface area (Å²) in [6, 6.07) is 9.92. The molecule has 4 nitrogen and oxygen atoms in total. The number of carbonyl (C=O) groups is 1. The van der Waals surface area contributed by atoms with Crippen LogP contribution in [-0.4, -0.2) is 25.3 Å². The third-order valence-electron chi connectivity index (χ3n) is 4.08. The van der Waals surface area contributed by atoms with E-state index in [0.717, 1.165) is 25.9 Å². The average Bonchev–Trinajstić information content (AvgIpc) is 3.08. The molecule has 1 atom stereocenters. The van der Waals surface area contributed by atoms with Crippen LogP contribution in [0.3, 0.4) is 0 Å². The molecule has 0 N–H and O–H groups in total. The Labute approximate surface area is 140 Å². The number of furan rings is 1. The van der Waals surface area contributed by atoms with Crippen molar-refractivity contribution in [2.45, 2.75) is 38.2 Å². The minimum Gasteiger partial charge on any atom is -0.463 e. The summed E-state index contributed by atoms with van der Waals surface area (Å²) in [6.45, 7) is 1.06. The summed E-state index contributed by atoms with van der Waals surface area (Å²) >= 11 is 0. The zero-order chi connectivity index (χ0) is 16.8. The van der Waals surface area contributed by atoms with Crippen molar-refractivity contribution >= 4 is 5.97 Å². The molecule has 0 amide bonds. The standard InChI is InChI=1S/C19H21FO4/c20-17-7-2-1-6-16(17)18-10-8-14(24-18)9-11-19(21)23-13-15-5-3-4-12-22-15/h1-2,6-8,10,15H,3-5,9,11-13H2. The highest BCUT2D eigenvalue weighted by molar-refractivity contribution is 5.69. The molecular weight excluding hydrogens is 311 g/mol. The van der Waals surface area contributed by atoms with Crippen LogP contribution in [0.5, 0.6) is 0 Å². The minimum absolute atomic E-state index is 0.0268. The first-order valence-electron chi connectivity index (χ1n) is 8.33. The van der Waals surface area contributed by atoms with E-state index in [4.69, 9.17) is 13.9 Å². The topological polar surface area (TPSA) is 48.7 Å². The summed E-state index contributed by atoms with van der Waals surface area (Å²) in [4.78, 5) is 11.8. The number of carbonyl (C=O) groups excluding carboxylic acids is 1. The van der Waals surface area contributed by atoms with E-state index < -0.39 is 0 Å². The maximum Gasteiger partial charge on any atom is 0.306 e. The zero-order valence-electron chi connectivity index (χ0n) is 13.5. The molecule has 1 saturated heterocycles. The summed E-state index contributed by atoms with van der Waals surface area (Å²) < 4.78 is 30.1. The van der Waals surface area contributed by atoms with Gasteiger partial charge in [-0.15, -0.1) is 0 Å². The highest BCUT2D eigenvalue weighted by Crippen LogP contribution is 2.25. The van der Waals surface area contributed by atoms with Crippen LogP contribution in [0.2, 0.25) is 0 Å². The van der Waals surface area contributed by atoms with Gasteiger partial charge in [0, 0.05) is 13.0 Å². The molecule has 0 aliphatic carbocycles. The van der Waals surface area contributed by atoms with Gasteiger partial charge in [-0.05, 0) is 43.5 Å². The van der Waals surface area contributed by atoms with E-state index in [2.05, 4.69) is 0 Å². The summed E-state index contributed by atoms with van der Waals surface area (Å²) in [7, 11) is 0. The number of benzene rings is 1. The molecule has 1 aliphatic rings. The van der Waals surface area contributed by atoms with Crippen molar-refractivity contribution in [1.82, 2.24) is 0 Å². The molecule has 1 aromatic heterocycles. The Kier molecular flexibility index (Phi) is 5.64. The van der Waals surface area contributed by atoms with Crippen LogP contribution >= 0.6 is 0 Å². The molecule has 0 bridgehead atoms. The first-order chi connectivity index (χ1) is 11.7. The second-order valence-electron chi connectivity index (χ2n) is 5.92. The van der Waals surface area contributed by atoms with Gasteiger partial charge in [0.2, 0.25) is 0 Å². The molecule has 2 aromatic rings. The van der Waals surface area contributed by atoms with Gasteiger partial charge in [0.25, 0.3) is 0 Å². The number of hydrogen-bond acceptors (Lipinski definition) is 4. The van der Waals surface area contributed by atoms with E-state index in [1.807, 2.05) is 0 Å². The molecule has 1 aromatic carbocycles. The lowest BCUT2D eigenvalue weighted by atomic mass is 10.1. The van der Waals surface area contributed by atoms with Crippen LogP contribution in [-0.2, 0) is 20.7 Å². The molecule has 2 heterocycles. The van der Waals surface area contributed by atoms with Crippen LogP contribution < -0.4 is 0 Å². The van der Waals surface area contributed by atoms with E-state index in [0.29, 0.717) is 30.1 Å². The van der Waals surface area contributed by atoms with Crippen molar-refractivity contribution in [2.24, 2.45) is 0 Å². The van der Waals surface area contributed by atoms with Gasteiger partial charge in [-0.1, -0.05) is 12.1 Å². The quantitative estimate of drug-likeness (QED) is 0.746. The molecule has 128 valence electrons. The Morgan fingerprint density at radius 3 is 2.88 bits per heavy atom. The largest absolute Gasteiger partial charge is 0.463 e. The number of hydrogen-bond donors (Lipinski definition) is 0. The fourth-order valence-electron chi connectivity index (χ4n) is 2.74. The van der Waals surface area contributed by atoms with E-state index in [1.54, 1.807) is 30.3 Å². The second-order valence-corrected chi connectivity index (χ2v) is 5.92. The predicted molar refractivity (Wildman–Crippen MR) is 87.0 cm³/mol. The third kappa shape index (κ3) is 4.45. The number of aryl methyl sites for hydroxylation is 1. The highest BCUT2D eigenvalue weighted by atomic mass is 19.1. The van der Waals surface area contributed by atoms with Gasteiger partial charge in [-0.3, -0.25) is 4.79 Å². The lowest BCUT2D eigenvalue weighted by Gasteiger charge is -2.21. The Hall–Kier alpha value is -2.14. The minimum atomic E-state index is -0.328. The Balaban J connectivity index is 1.46. The number of rotatable bonds is 6. The van der Waals surface area contributed by atoms with Crippen molar-refractivity contribution in [1.29, 1.82) is 0 Å². The van der Waals surface area contributed by atoms with Crippen molar-refractivity contribution in [3.63, 3.8) is 0 Å². The van der Waals surface area contributed by atoms with Gasteiger partial charge in [0.15, 0.2) is 0 Å². The van der Waals surface area contributed by atoms with Gasteiger partial charge in [-0.25, -0.2) is 4.39 Å². The van der Waals surface area contributed by atoms with Gasteiger partial charge in [0.1, 0.15) is 23.9 Å². The van der Waals surface area contributed by atoms with Crippen LogP contribution in [0, 0.1) is 5.82 Å². The molecule has 0 saturated carbocycles. The van der Waals surface area contributed by atoms with Crippen molar-refractivity contribution in [3.8, 4) is 11.3 Å². The van der Waals surface area contributed by atoms with Crippen LogP contribution in [0.4, 0.5) is 4.39 Å². The average molecular weight is 332 g/mol. The third-order valence-corrected chi connectivity index (χ3v) is 4.08. The molecule has 0 radical (unpaired) electrons. The molecule has 1 fully saturated rings. The van der Waals surface area contributed by atoms with Gasteiger partial charge in [0.05, 0.1) is 18.1 Å². The fourth-order valence-corrected chi connectivity index (χ4v) is 2.74. The van der Waals surface area contributed by atoms with Gasteiger partial charge >= 0.3 is 5.97 Å². The maximum atomic E-state index is 13.7. The van der Waals surface area contributed by atoms with Crippen molar-refractivity contribution < 1.29 is 23.1 Å². The van der Waals surface area contributed by atoms with E-state index in [-0.39, 0.29) is 24.3 Å². The van der Waals surface area contributed by atoms with Gasteiger partial charge in [-0.2, -0.15) is 0 Å². The normalized spacial score (nSPS) is 17.6. The van der Waals surface area contributed by atoms with Crippen LogP contribution in [0.25, 0.3) is 11.3 Å². The summed E-state index contributed by atoms with van der Waals surface area (Å²) in [5.41, 5.74) is 0.417. The Morgan fingerprint density at radius 2 is 2.08 bits per heavy atom. The smallest absolute Gasteiger partial charge is 0.306 e. The van der Waals surface area contributed by atoms with Gasteiger partial charge < -0.3 is 13.9 Å². The van der Waals surface area contributed by atoms with Crippen molar-refractivity contribution in [3.05, 3.63) is 48.0 Å². The Morgan fingerprint density at radius 1 is 1.21 bits per heavy atom. The fraction of sp³-hybridized carbons (Fsp3) is 0.421. The highest BCUT2D eigenvalue weighted by Gasteiger charge is 2.16. The van der Waals surface area contributed by atoms with Crippen molar-refractivity contribution in [2.75, 3.05) is 13.2 Å². The molecule has 1 unspecified atom stereocenters. The summed E-state index contributed by atoms with van der Waals surface area (Å²) in [6.07, 6.45) is 3.83.